The molecule has 0 saturated heterocycles. The molecular formula is C45H56N4O8S2. The average molecular weight is 845 g/mol. The first kappa shape index (κ1) is 45.1. The van der Waals surface area contributed by atoms with Crippen molar-refractivity contribution in [3.05, 3.63) is 140 Å². The molecule has 0 aliphatic heterocycles. The van der Waals surface area contributed by atoms with E-state index in [0.29, 0.717) is 44.9 Å². The Morgan fingerprint density at radius 1 is 0.661 bits per heavy atom. The zero-order chi connectivity index (χ0) is 43.6. The summed E-state index contributed by atoms with van der Waals surface area (Å²) < 4.78 is 72.6. The maximum Gasteiger partial charge on any atom is 0.255 e. The van der Waals surface area contributed by atoms with Gasteiger partial charge in [-0.1, -0.05) is 78.8 Å². The van der Waals surface area contributed by atoms with Gasteiger partial charge in [0.15, 0.2) is 4.87 Å². The third kappa shape index (κ3) is 9.89. The highest BCUT2D eigenvalue weighted by Gasteiger charge is 2.46. The number of benzene rings is 3. The van der Waals surface area contributed by atoms with E-state index in [0.717, 1.165) is 11.1 Å². The van der Waals surface area contributed by atoms with Crippen molar-refractivity contribution in [2.45, 2.75) is 95.1 Å². The number of nitrogens with two attached hydrogens (primary N) is 1. The molecule has 0 aliphatic rings. The normalized spacial score (nSPS) is 14.1. The number of hydrogen-bond acceptors (Lipinski definition) is 8. The van der Waals surface area contributed by atoms with E-state index in [1.54, 1.807) is 73.7 Å². The highest BCUT2D eigenvalue weighted by Crippen LogP contribution is 2.41. The van der Waals surface area contributed by atoms with Crippen LogP contribution in [0.15, 0.2) is 101 Å². The summed E-state index contributed by atoms with van der Waals surface area (Å²) in [5, 5.41) is 4.80. The van der Waals surface area contributed by atoms with Crippen LogP contribution in [0.2, 0.25) is 0 Å². The summed E-state index contributed by atoms with van der Waals surface area (Å²) >= 11 is 0. The van der Waals surface area contributed by atoms with Gasteiger partial charge in [-0.15, -0.1) is 0 Å². The van der Waals surface area contributed by atoms with Crippen molar-refractivity contribution in [2.75, 3.05) is 14.2 Å². The standard InChI is InChI=1S/C45H56N4O8S2/c1-10-45(59(46,54)55,28-31-25-40(57-9)38(44(5,6)7)27-36(31)34-19-15-21-48-42(34)51)49-58(52,53)32(22-29-16-12-11-13-17-29)23-30-24-39(56-8)37(43(2,3)4)26-35(30)33-18-14-20-47-41(33)50/h11-21,24-27,32,49H,10,22-23,28H2,1-9H3,(H,47,50)(H,48,51)(H2,46,54,55). The molecule has 5 N–H and O–H groups in total. The van der Waals surface area contributed by atoms with E-state index in [-0.39, 0.29) is 30.4 Å². The van der Waals surface area contributed by atoms with E-state index >= 15 is 8.42 Å². The van der Waals surface area contributed by atoms with Crippen molar-refractivity contribution in [1.82, 2.24) is 14.7 Å². The molecule has 0 bridgehead atoms. The first-order valence-corrected chi connectivity index (χ1v) is 22.5. The van der Waals surface area contributed by atoms with Crippen LogP contribution in [0.3, 0.4) is 0 Å². The lowest BCUT2D eigenvalue weighted by atomic mass is 9.82. The fourth-order valence-electron chi connectivity index (χ4n) is 7.49. The Morgan fingerprint density at radius 3 is 1.56 bits per heavy atom. The molecule has 0 spiro atoms. The Morgan fingerprint density at radius 2 is 1.14 bits per heavy atom. The van der Waals surface area contributed by atoms with E-state index in [4.69, 9.17) is 14.6 Å². The number of pyridine rings is 2. The van der Waals surface area contributed by atoms with Crippen molar-refractivity contribution in [3.63, 3.8) is 0 Å². The van der Waals surface area contributed by atoms with Gasteiger partial charge in [0.1, 0.15) is 11.5 Å². The lowest BCUT2D eigenvalue weighted by Gasteiger charge is -2.34. The number of aromatic nitrogens is 2. The fourth-order valence-corrected chi connectivity index (χ4v) is 10.8. The van der Waals surface area contributed by atoms with Crippen LogP contribution >= 0.6 is 0 Å². The first-order chi connectivity index (χ1) is 27.5. The molecule has 316 valence electrons. The zero-order valence-electron chi connectivity index (χ0n) is 35.2. The number of primary sulfonamides is 1. The molecule has 0 amide bonds. The SMILES string of the molecule is CCC(Cc1cc(OC)c(C(C)(C)C)cc1-c1ccc[nH]c1=O)(NS(=O)(=O)C(Cc1ccccc1)Cc1cc(OC)c(C(C)(C)C)cc1-c1ccc[nH]c1=O)S(N)(=O)=O. The maximum absolute atomic E-state index is 15.2. The fraction of sp³-hybridized carbons (Fsp3) is 0.378. The Kier molecular flexibility index (Phi) is 13.2. The molecule has 2 heterocycles. The van der Waals surface area contributed by atoms with Gasteiger partial charge in [-0.3, -0.25) is 9.59 Å². The van der Waals surface area contributed by atoms with Gasteiger partial charge in [-0.05, 0) is 106 Å². The van der Waals surface area contributed by atoms with Gasteiger partial charge in [0, 0.05) is 41.1 Å². The van der Waals surface area contributed by atoms with Crippen LogP contribution in [0.4, 0.5) is 0 Å². The number of ether oxygens (including phenoxy) is 2. The van der Waals surface area contributed by atoms with Crippen molar-refractivity contribution in [1.29, 1.82) is 0 Å². The van der Waals surface area contributed by atoms with Gasteiger partial charge in [0.25, 0.3) is 11.1 Å². The van der Waals surface area contributed by atoms with E-state index in [9.17, 15) is 18.0 Å². The Labute approximate surface area is 347 Å². The number of H-pyrrole nitrogens is 2. The van der Waals surface area contributed by atoms with Crippen molar-refractivity contribution in [3.8, 4) is 33.8 Å². The summed E-state index contributed by atoms with van der Waals surface area (Å²) in [6.45, 7) is 13.5. The topological polar surface area (TPSA) is 191 Å². The van der Waals surface area contributed by atoms with Crippen LogP contribution in [0.5, 0.6) is 11.5 Å². The Hall–Kier alpha value is -5.02. The van der Waals surface area contributed by atoms with Gasteiger partial charge in [0.05, 0.1) is 19.5 Å². The van der Waals surface area contributed by atoms with E-state index in [1.807, 2.05) is 53.7 Å². The molecule has 2 aromatic heterocycles. The number of rotatable bonds is 15. The van der Waals surface area contributed by atoms with Gasteiger partial charge >= 0.3 is 0 Å². The maximum atomic E-state index is 15.2. The molecule has 14 heteroatoms. The highest BCUT2D eigenvalue weighted by molar-refractivity contribution is 7.94. The number of nitrogens with one attached hydrogen (secondary N) is 3. The van der Waals surface area contributed by atoms with Crippen LogP contribution in [0, 0.1) is 0 Å². The minimum Gasteiger partial charge on any atom is -0.496 e. The van der Waals surface area contributed by atoms with E-state index in [1.165, 1.54) is 26.6 Å². The quantitative estimate of drug-likeness (QED) is 0.0893. The second-order valence-electron chi connectivity index (χ2n) is 17.0. The van der Waals surface area contributed by atoms with Crippen LogP contribution < -0.4 is 30.5 Å². The molecule has 2 atom stereocenters. The number of hydrogen-bond donors (Lipinski definition) is 4. The Bertz CT molecular complexity index is 2640. The first-order valence-electron chi connectivity index (χ1n) is 19.4. The third-order valence-corrected chi connectivity index (χ3v) is 14.4. The molecule has 0 saturated carbocycles. The largest absolute Gasteiger partial charge is 0.496 e. The number of methoxy groups -OCH3 is 2. The molecule has 5 rings (SSSR count). The number of aromatic amines is 2. The predicted molar refractivity (Wildman–Crippen MR) is 235 cm³/mol. The van der Waals surface area contributed by atoms with Crippen molar-refractivity contribution in [2.24, 2.45) is 5.14 Å². The summed E-state index contributed by atoms with van der Waals surface area (Å²) in [4.78, 5) is 29.7. The molecule has 0 radical (unpaired) electrons. The molecule has 12 nitrogen and oxygen atoms in total. The summed E-state index contributed by atoms with van der Waals surface area (Å²) in [6, 6.07) is 22.7. The third-order valence-electron chi connectivity index (χ3n) is 10.8. The van der Waals surface area contributed by atoms with Crippen molar-refractivity contribution < 1.29 is 26.3 Å². The molecule has 2 unspecified atom stereocenters. The summed E-state index contributed by atoms with van der Waals surface area (Å²) in [5.74, 6) is 0.944. The second kappa shape index (κ2) is 17.3. The van der Waals surface area contributed by atoms with E-state index in [2.05, 4.69) is 14.7 Å². The van der Waals surface area contributed by atoms with Crippen LogP contribution in [0.1, 0.15) is 82.7 Å². The van der Waals surface area contributed by atoms with Gasteiger partial charge in [-0.2, -0.15) is 4.72 Å². The monoisotopic (exact) mass is 844 g/mol. The molecular weight excluding hydrogens is 789 g/mol. The van der Waals surface area contributed by atoms with Gasteiger partial charge in [-0.25, -0.2) is 22.0 Å². The lowest BCUT2D eigenvalue weighted by molar-refractivity contribution is 0.396. The molecule has 59 heavy (non-hydrogen) atoms. The average Bonchev–Trinajstić information content (AvgIpc) is 3.16. The Balaban J connectivity index is 1.73. The molecule has 0 aliphatic carbocycles. The van der Waals surface area contributed by atoms with Crippen LogP contribution in [-0.2, 0) is 50.1 Å². The zero-order valence-corrected chi connectivity index (χ0v) is 36.9. The lowest BCUT2D eigenvalue weighted by Crippen LogP contribution is -2.60. The summed E-state index contributed by atoms with van der Waals surface area (Å²) in [6.07, 6.45) is 2.14. The molecule has 5 aromatic rings. The van der Waals surface area contributed by atoms with Crippen molar-refractivity contribution >= 4 is 20.0 Å². The van der Waals surface area contributed by atoms with Crippen LogP contribution in [0.25, 0.3) is 22.3 Å². The number of sulfonamides is 2. The van der Waals surface area contributed by atoms with E-state index < -0.39 is 53.0 Å². The predicted octanol–water partition coefficient (Wildman–Crippen LogP) is 6.72. The summed E-state index contributed by atoms with van der Waals surface area (Å²) in [5.41, 5.74) is 2.96. The van der Waals surface area contributed by atoms with Crippen LogP contribution in [-0.4, -0.2) is 51.1 Å². The summed E-state index contributed by atoms with van der Waals surface area (Å²) in [7, 11) is -6.33. The highest BCUT2D eigenvalue weighted by atomic mass is 32.2. The van der Waals surface area contributed by atoms with Gasteiger partial charge in [0.2, 0.25) is 20.0 Å². The smallest absolute Gasteiger partial charge is 0.255 e. The van der Waals surface area contributed by atoms with Gasteiger partial charge < -0.3 is 19.4 Å². The second-order valence-corrected chi connectivity index (χ2v) is 20.8. The molecule has 0 fully saturated rings. The minimum atomic E-state index is -4.73. The minimum absolute atomic E-state index is 0.0206. The molecule has 3 aromatic carbocycles.